The monoisotopic (exact) mass is 563 g/mol. The summed E-state index contributed by atoms with van der Waals surface area (Å²) in [5.74, 6) is 0. The van der Waals surface area contributed by atoms with E-state index in [0.717, 1.165) is 5.69 Å². The number of benzene rings is 5. The minimum atomic E-state index is -0.0630. The molecular weight excluding hydrogens is 518 g/mol. The summed E-state index contributed by atoms with van der Waals surface area (Å²) in [4.78, 5) is 2.46. The molecule has 0 heterocycles. The van der Waals surface area contributed by atoms with Crippen molar-refractivity contribution in [2.24, 2.45) is 0 Å². The second-order valence-corrected chi connectivity index (χ2v) is 14.9. The third-order valence-corrected chi connectivity index (χ3v) is 9.21. The van der Waals surface area contributed by atoms with E-state index in [4.69, 9.17) is 0 Å². The van der Waals surface area contributed by atoms with Crippen LogP contribution < -0.4 is 4.90 Å². The molecule has 0 saturated heterocycles. The van der Waals surface area contributed by atoms with E-state index < -0.39 is 0 Å². The zero-order valence-corrected chi connectivity index (χ0v) is 27.3. The van der Waals surface area contributed by atoms with Gasteiger partial charge in [0.25, 0.3) is 0 Å². The van der Waals surface area contributed by atoms with Gasteiger partial charge >= 0.3 is 0 Å². The first-order valence-electron chi connectivity index (χ1n) is 15.6. The Morgan fingerprint density at radius 2 is 1.09 bits per heavy atom. The highest BCUT2D eigenvalue weighted by Gasteiger charge is 2.36. The molecule has 0 unspecified atom stereocenters. The number of hydrogen-bond acceptors (Lipinski definition) is 1. The first-order valence-corrected chi connectivity index (χ1v) is 15.6. The summed E-state index contributed by atoms with van der Waals surface area (Å²) in [6.45, 7) is 20.8. The zero-order valence-electron chi connectivity index (χ0n) is 27.3. The van der Waals surface area contributed by atoms with Crippen LogP contribution in [0.15, 0.2) is 109 Å². The minimum Gasteiger partial charge on any atom is -0.310 e. The fourth-order valence-corrected chi connectivity index (χ4v) is 6.51. The number of anilines is 3. The Kier molecular flexibility index (Phi) is 6.92. The molecule has 0 saturated carbocycles. The lowest BCUT2D eigenvalue weighted by Crippen LogP contribution is -2.19. The lowest BCUT2D eigenvalue weighted by Gasteiger charge is -2.32. The lowest BCUT2D eigenvalue weighted by atomic mass is 9.80. The van der Waals surface area contributed by atoms with Crippen molar-refractivity contribution < 1.29 is 0 Å². The average molecular weight is 564 g/mol. The Morgan fingerprint density at radius 3 is 1.72 bits per heavy atom. The average Bonchev–Trinajstić information content (AvgIpc) is 3.19. The predicted molar refractivity (Wildman–Crippen MR) is 186 cm³/mol. The van der Waals surface area contributed by atoms with E-state index in [1.807, 2.05) is 0 Å². The maximum Gasteiger partial charge on any atom is 0.0467 e. The van der Waals surface area contributed by atoms with Gasteiger partial charge in [0.1, 0.15) is 0 Å². The molecule has 0 radical (unpaired) electrons. The SMILES string of the molecule is Cc1cccc(-c2ccc(N(c3cc(C(C)(C)C)cc(C(C)(C)C)c3)c3ccc4c(c3)C(C)(C)c3ccccc3-4)cc2)c1. The maximum absolute atomic E-state index is 2.46. The number of hydrogen-bond donors (Lipinski definition) is 0. The van der Waals surface area contributed by atoms with Crippen LogP contribution in [-0.2, 0) is 16.2 Å². The van der Waals surface area contributed by atoms with Crippen LogP contribution in [-0.4, -0.2) is 0 Å². The molecular formula is C42H45N. The first-order chi connectivity index (χ1) is 20.2. The highest BCUT2D eigenvalue weighted by atomic mass is 15.1. The van der Waals surface area contributed by atoms with E-state index in [0.29, 0.717) is 0 Å². The fraction of sp³-hybridized carbons (Fsp3) is 0.286. The molecule has 0 aliphatic heterocycles. The van der Waals surface area contributed by atoms with Crippen LogP contribution >= 0.6 is 0 Å². The van der Waals surface area contributed by atoms with Gasteiger partial charge in [-0.3, -0.25) is 0 Å². The smallest absolute Gasteiger partial charge is 0.0467 e. The van der Waals surface area contributed by atoms with Gasteiger partial charge < -0.3 is 4.90 Å². The normalized spacial score (nSPS) is 13.9. The van der Waals surface area contributed by atoms with E-state index >= 15 is 0 Å². The van der Waals surface area contributed by atoms with Crippen LogP contribution in [0.3, 0.4) is 0 Å². The number of fused-ring (bicyclic) bond motifs is 3. The largest absolute Gasteiger partial charge is 0.310 e. The fourth-order valence-electron chi connectivity index (χ4n) is 6.51. The third kappa shape index (κ3) is 5.31. The minimum absolute atomic E-state index is 0.0261. The first kappa shape index (κ1) is 29.0. The Bertz CT molecular complexity index is 1770. The van der Waals surface area contributed by atoms with Crippen LogP contribution in [0.5, 0.6) is 0 Å². The molecule has 0 aromatic heterocycles. The summed E-state index contributed by atoms with van der Waals surface area (Å²) < 4.78 is 0. The summed E-state index contributed by atoms with van der Waals surface area (Å²) in [5.41, 5.74) is 15.5. The molecule has 0 atom stereocenters. The lowest BCUT2D eigenvalue weighted by molar-refractivity contribution is 0.569. The van der Waals surface area contributed by atoms with E-state index in [9.17, 15) is 0 Å². The Morgan fingerprint density at radius 1 is 0.488 bits per heavy atom. The summed E-state index contributed by atoms with van der Waals surface area (Å²) in [6.07, 6.45) is 0. The summed E-state index contributed by atoms with van der Waals surface area (Å²) in [6, 6.07) is 41.0. The molecule has 1 aliphatic carbocycles. The summed E-state index contributed by atoms with van der Waals surface area (Å²) >= 11 is 0. The van der Waals surface area contributed by atoms with E-state index in [1.165, 1.54) is 61.4 Å². The number of rotatable bonds is 4. The van der Waals surface area contributed by atoms with Crippen molar-refractivity contribution >= 4 is 17.1 Å². The maximum atomic E-state index is 2.46. The van der Waals surface area contributed by atoms with E-state index in [1.54, 1.807) is 0 Å². The second-order valence-electron chi connectivity index (χ2n) is 14.9. The number of aryl methyl sites for hydroxylation is 1. The molecule has 43 heavy (non-hydrogen) atoms. The topological polar surface area (TPSA) is 3.24 Å². The van der Waals surface area contributed by atoms with Crippen molar-refractivity contribution in [1.29, 1.82) is 0 Å². The summed E-state index contributed by atoms with van der Waals surface area (Å²) in [7, 11) is 0. The molecule has 1 nitrogen and oxygen atoms in total. The van der Waals surface area contributed by atoms with Crippen molar-refractivity contribution in [2.75, 3.05) is 4.90 Å². The van der Waals surface area contributed by atoms with Gasteiger partial charge in [-0.1, -0.05) is 134 Å². The van der Waals surface area contributed by atoms with Crippen LogP contribution in [0.2, 0.25) is 0 Å². The molecule has 5 aromatic rings. The highest BCUT2D eigenvalue weighted by molar-refractivity contribution is 5.86. The van der Waals surface area contributed by atoms with Crippen molar-refractivity contribution in [3.63, 3.8) is 0 Å². The molecule has 218 valence electrons. The molecule has 0 N–H and O–H groups in total. The molecule has 6 rings (SSSR count). The van der Waals surface area contributed by atoms with Crippen LogP contribution in [0.4, 0.5) is 17.1 Å². The van der Waals surface area contributed by atoms with Gasteiger partial charge in [-0.15, -0.1) is 0 Å². The Labute approximate surface area is 259 Å². The molecule has 5 aromatic carbocycles. The van der Waals surface area contributed by atoms with Gasteiger partial charge in [-0.2, -0.15) is 0 Å². The van der Waals surface area contributed by atoms with Gasteiger partial charge in [0.15, 0.2) is 0 Å². The van der Waals surface area contributed by atoms with Crippen molar-refractivity contribution in [2.45, 2.75) is 78.6 Å². The Balaban J connectivity index is 1.56. The van der Waals surface area contributed by atoms with Gasteiger partial charge in [0.05, 0.1) is 0 Å². The van der Waals surface area contributed by atoms with Crippen LogP contribution in [0, 0.1) is 6.92 Å². The molecule has 0 fully saturated rings. The van der Waals surface area contributed by atoms with E-state index in [2.05, 4.69) is 176 Å². The molecule has 0 bridgehead atoms. The van der Waals surface area contributed by atoms with Gasteiger partial charge in [0, 0.05) is 22.5 Å². The van der Waals surface area contributed by atoms with Crippen LogP contribution in [0.1, 0.15) is 83.2 Å². The molecule has 0 spiro atoms. The molecule has 1 aliphatic rings. The second kappa shape index (κ2) is 10.3. The standard InChI is InChI=1S/C42H45N/c1-28-13-12-14-30(23-28)29-17-19-33(20-18-29)43(35-25-31(40(2,3)4)24-32(26-35)41(5,6)7)34-21-22-37-36-15-10-11-16-38(36)42(8,9)39(37)27-34/h10-27H,1-9H3. The van der Waals surface area contributed by atoms with Crippen molar-refractivity contribution in [3.05, 3.63) is 137 Å². The van der Waals surface area contributed by atoms with Gasteiger partial charge in [0.2, 0.25) is 0 Å². The molecule has 1 heteroatoms. The van der Waals surface area contributed by atoms with Gasteiger partial charge in [-0.25, -0.2) is 0 Å². The quantitative estimate of drug-likeness (QED) is 0.210. The van der Waals surface area contributed by atoms with Crippen LogP contribution in [0.25, 0.3) is 22.3 Å². The highest BCUT2D eigenvalue weighted by Crippen LogP contribution is 2.51. The van der Waals surface area contributed by atoms with Crippen molar-refractivity contribution in [3.8, 4) is 22.3 Å². The van der Waals surface area contributed by atoms with E-state index in [-0.39, 0.29) is 16.2 Å². The Hall–Kier alpha value is -4.10. The molecule has 0 amide bonds. The predicted octanol–water partition coefficient (Wildman–Crippen LogP) is 12.0. The van der Waals surface area contributed by atoms with Gasteiger partial charge in [-0.05, 0) is 98.7 Å². The van der Waals surface area contributed by atoms with Crippen molar-refractivity contribution in [1.82, 2.24) is 0 Å². The summed E-state index contributed by atoms with van der Waals surface area (Å²) in [5, 5.41) is 0. The number of nitrogens with zero attached hydrogens (tertiary/aromatic N) is 1. The zero-order chi connectivity index (χ0) is 30.7. The third-order valence-electron chi connectivity index (χ3n) is 9.21.